The van der Waals surface area contributed by atoms with Gasteiger partial charge in [0.15, 0.2) is 10.8 Å². The quantitative estimate of drug-likeness (QED) is 0.313. The van der Waals surface area contributed by atoms with Crippen LogP contribution in [0.5, 0.6) is 0 Å². The summed E-state index contributed by atoms with van der Waals surface area (Å²) >= 11 is 0. The van der Waals surface area contributed by atoms with Gasteiger partial charge in [0.1, 0.15) is 0 Å². The van der Waals surface area contributed by atoms with Crippen LogP contribution in [-0.2, 0) is 44.2 Å². The van der Waals surface area contributed by atoms with Crippen LogP contribution in [0, 0.1) is 0 Å². The van der Waals surface area contributed by atoms with Crippen molar-refractivity contribution in [2.75, 3.05) is 24.9 Å². The first-order valence-corrected chi connectivity index (χ1v) is 9.30. The maximum atomic E-state index is 12.7. The predicted molar refractivity (Wildman–Crippen MR) is 100 cm³/mol. The number of nitrogens with zero attached hydrogens (tertiary/aromatic N) is 1. The van der Waals surface area contributed by atoms with Crippen LogP contribution in [0.3, 0.4) is 0 Å². The molecule has 1 unspecified atom stereocenters. The molecule has 1 heterocycles. The second-order valence-electron chi connectivity index (χ2n) is 6.76. The van der Waals surface area contributed by atoms with Crippen LogP contribution in [0.25, 0.3) is 0 Å². The fourth-order valence-electron chi connectivity index (χ4n) is 3.21. The Bertz CT molecular complexity index is 831. The summed E-state index contributed by atoms with van der Waals surface area (Å²) < 4.78 is 15.2. The van der Waals surface area contributed by atoms with E-state index in [2.05, 4.69) is 0 Å². The summed E-state index contributed by atoms with van der Waals surface area (Å²) in [6, 6.07) is 4.11. The summed E-state index contributed by atoms with van der Waals surface area (Å²) in [5.41, 5.74) is -3.33. The van der Waals surface area contributed by atoms with Gasteiger partial charge in [-0.3, -0.25) is 24.4 Å². The zero-order valence-corrected chi connectivity index (χ0v) is 17.1. The Labute approximate surface area is 168 Å². The van der Waals surface area contributed by atoms with E-state index >= 15 is 0 Å². The van der Waals surface area contributed by atoms with E-state index < -0.39 is 34.6 Å². The van der Waals surface area contributed by atoms with Gasteiger partial charge >= 0.3 is 17.9 Å². The third kappa shape index (κ3) is 3.35. The molecule has 1 aliphatic rings. The molecule has 0 aliphatic carbocycles. The first kappa shape index (κ1) is 22.4. The van der Waals surface area contributed by atoms with Gasteiger partial charge in [0.05, 0.1) is 25.5 Å². The van der Waals surface area contributed by atoms with E-state index in [1.807, 2.05) is 0 Å². The topological polar surface area (TPSA) is 119 Å². The maximum Gasteiger partial charge on any atom is 0.327 e. The van der Waals surface area contributed by atoms with E-state index in [1.54, 1.807) is 20.8 Å². The molecule has 0 saturated carbocycles. The lowest BCUT2D eigenvalue weighted by Crippen LogP contribution is -2.45. The zero-order valence-electron chi connectivity index (χ0n) is 17.1. The Kier molecular flexibility index (Phi) is 6.32. The van der Waals surface area contributed by atoms with Crippen molar-refractivity contribution in [2.24, 2.45) is 0 Å². The molecular weight excluding hydrogens is 382 g/mol. The average molecular weight is 407 g/mol. The number of benzene rings is 1. The lowest BCUT2D eigenvalue weighted by Gasteiger charge is -2.27. The minimum Gasteiger partial charge on any atom is -0.465 e. The molecule has 0 aromatic heterocycles. The second kappa shape index (κ2) is 8.20. The van der Waals surface area contributed by atoms with Gasteiger partial charge in [-0.1, -0.05) is 12.1 Å². The smallest absolute Gasteiger partial charge is 0.327 e. The molecule has 1 amide bonds. The van der Waals surface area contributed by atoms with E-state index in [-0.39, 0.29) is 36.6 Å². The number of ether oxygens (including phenoxy) is 3. The fraction of sp³-hybridized carbons (Fsp3) is 0.500. The van der Waals surface area contributed by atoms with Gasteiger partial charge in [-0.25, -0.2) is 0 Å². The van der Waals surface area contributed by atoms with Gasteiger partial charge in [-0.15, -0.1) is 0 Å². The van der Waals surface area contributed by atoms with E-state index in [4.69, 9.17) is 14.2 Å². The molecule has 1 aromatic carbocycles. The Morgan fingerprint density at radius 2 is 1.55 bits per heavy atom. The fourth-order valence-corrected chi connectivity index (χ4v) is 3.21. The second-order valence-corrected chi connectivity index (χ2v) is 6.76. The SMILES string of the molecule is CCOC(=O)C(C)(C(=O)OCC)c1ccc2c(c1)C(C)(C(=O)OCC)C(=O)N2O. The number of carbonyl (C=O) groups excluding carboxylic acids is 4. The zero-order chi connectivity index (χ0) is 22.0. The molecule has 1 N–H and O–H groups in total. The minimum absolute atomic E-state index is 0.0333. The van der Waals surface area contributed by atoms with Crippen LogP contribution in [0.1, 0.15) is 45.7 Å². The van der Waals surface area contributed by atoms with Crippen molar-refractivity contribution >= 4 is 29.5 Å². The van der Waals surface area contributed by atoms with Crippen LogP contribution >= 0.6 is 0 Å². The molecule has 1 aliphatic heterocycles. The van der Waals surface area contributed by atoms with E-state index in [1.165, 1.54) is 32.0 Å². The summed E-state index contributed by atoms with van der Waals surface area (Å²) in [4.78, 5) is 50.5. The number of rotatable bonds is 7. The Morgan fingerprint density at radius 1 is 1.03 bits per heavy atom. The number of hydrogen-bond donors (Lipinski definition) is 1. The standard InChI is InChI=1S/C20H25NO8/c1-6-27-16(23)19(4,17(24)28-7-2)12-9-10-14-13(11-12)20(5,15(22)21(14)26)18(25)29-8-3/h9-11,26H,6-8H2,1-5H3. The van der Waals surface area contributed by atoms with Crippen LogP contribution in [0.15, 0.2) is 18.2 Å². The number of hydroxylamine groups is 1. The van der Waals surface area contributed by atoms with Crippen LogP contribution in [0.2, 0.25) is 0 Å². The molecule has 0 spiro atoms. The lowest BCUT2D eigenvalue weighted by molar-refractivity contribution is -0.164. The Hall–Kier alpha value is -2.94. The van der Waals surface area contributed by atoms with Crippen molar-refractivity contribution in [1.82, 2.24) is 0 Å². The normalized spacial score (nSPS) is 18.3. The number of carbonyl (C=O) groups is 4. The predicted octanol–water partition coefficient (Wildman–Crippen LogP) is 1.63. The summed E-state index contributed by atoms with van der Waals surface area (Å²) in [7, 11) is 0. The van der Waals surface area contributed by atoms with Crippen LogP contribution in [-0.4, -0.2) is 48.8 Å². The molecule has 158 valence electrons. The van der Waals surface area contributed by atoms with Crippen molar-refractivity contribution in [3.8, 4) is 0 Å². The monoisotopic (exact) mass is 407 g/mol. The molecular formula is C20H25NO8. The molecule has 1 atom stereocenters. The molecule has 9 heteroatoms. The Balaban J connectivity index is 2.69. The van der Waals surface area contributed by atoms with Crippen LogP contribution in [0.4, 0.5) is 5.69 Å². The molecule has 0 bridgehead atoms. The molecule has 2 rings (SSSR count). The number of fused-ring (bicyclic) bond motifs is 1. The van der Waals surface area contributed by atoms with E-state index in [0.717, 1.165) is 0 Å². The molecule has 29 heavy (non-hydrogen) atoms. The molecule has 0 radical (unpaired) electrons. The highest BCUT2D eigenvalue weighted by Crippen LogP contribution is 2.44. The van der Waals surface area contributed by atoms with Crippen molar-refractivity contribution in [2.45, 2.75) is 45.4 Å². The summed E-state index contributed by atoms with van der Waals surface area (Å²) in [6.45, 7) is 7.58. The first-order chi connectivity index (χ1) is 13.6. The Morgan fingerprint density at radius 3 is 2.03 bits per heavy atom. The largest absolute Gasteiger partial charge is 0.465 e. The number of hydrogen-bond acceptors (Lipinski definition) is 8. The third-order valence-corrected chi connectivity index (χ3v) is 5.01. The third-order valence-electron chi connectivity index (χ3n) is 5.01. The first-order valence-electron chi connectivity index (χ1n) is 9.30. The highest BCUT2D eigenvalue weighted by atomic mass is 16.6. The number of amides is 1. The van der Waals surface area contributed by atoms with E-state index in [0.29, 0.717) is 5.06 Å². The van der Waals surface area contributed by atoms with Crippen molar-refractivity contribution in [3.05, 3.63) is 29.3 Å². The summed E-state index contributed by atoms with van der Waals surface area (Å²) in [5.74, 6) is -3.41. The van der Waals surface area contributed by atoms with Gasteiger partial charge in [0.25, 0.3) is 5.91 Å². The summed E-state index contributed by atoms with van der Waals surface area (Å²) in [5, 5.41) is 10.5. The van der Waals surface area contributed by atoms with Gasteiger partial charge in [-0.2, -0.15) is 5.06 Å². The van der Waals surface area contributed by atoms with Gasteiger partial charge < -0.3 is 14.2 Å². The van der Waals surface area contributed by atoms with Crippen molar-refractivity contribution in [1.29, 1.82) is 0 Å². The molecule has 9 nitrogen and oxygen atoms in total. The maximum absolute atomic E-state index is 12.7. The number of esters is 3. The summed E-state index contributed by atoms with van der Waals surface area (Å²) in [6.07, 6.45) is 0. The highest BCUT2D eigenvalue weighted by molar-refractivity contribution is 6.19. The molecule has 0 fully saturated rings. The van der Waals surface area contributed by atoms with E-state index in [9.17, 15) is 24.4 Å². The lowest BCUT2D eigenvalue weighted by atomic mass is 9.77. The van der Waals surface area contributed by atoms with Crippen molar-refractivity contribution in [3.63, 3.8) is 0 Å². The van der Waals surface area contributed by atoms with Crippen LogP contribution < -0.4 is 5.06 Å². The number of anilines is 1. The molecule has 0 saturated heterocycles. The van der Waals surface area contributed by atoms with Gasteiger partial charge in [0, 0.05) is 5.56 Å². The average Bonchev–Trinajstić information content (AvgIpc) is 2.89. The van der Waals surface area contributed by atoms with Gasteiger partial charge in [-0.05, 0) is 46.2 Å². The molecule has 1 aromatic rings. The minimum atomic E-state index is -1.83. The highest BCUT2D eigenvalue weighted by Gasteiger charge is 2.56. The van der Waals surface area contributed by atoms with Gasteiger partial charge in [0.2, 0.25) is 0 Å². The van der Waals surface area contributed by atoms with Crippen molar-refractivity contribution < 1.29 is 38.6 Å².